The minimum atomic E-state index is -0.677. The maximum absolute atomic E-state index is 12.1. The Balaban J connectivity index is 2.01. The molecule has 1 aliphatic rings. The molecule has 2 heterocycles. The Morgan fingerprint density at radius 3 is 2.94 bits per heavy atom. The van der Waals surface area contributed by atoms with E-state index in [1.807, 2.05) is 0 Å². The van der Waals surface area contributed by atoms with Gasteiger partial charge in [-0.2, -0.15) is 5.10 Å². The number of aromatic nitrogens is 4. The van der Waals surface area contributed by atoms with Gasteiger partial charge in [-0.25, -0.2) is 4.98 Å². The van der Waals surface area contributed by atoms with Gasteiger partial charge in [0.2, 0.25) is 0 Å². The van der Waals surface area contributed by atoms with Gasteiger partial charge in [0.05, 0.1) is 12.5 Å². The van der Waals surface area contributed by atoms with Crippen LogP contribution in [0.4, 0.5) is 0 Å². The van der Waals surface area contributed by atoms with Crippen LogP contribution in [0.3, 0.4) is 0 Å². The van der Waals surface area contributed by atoms with E-state index in [1.165, 1.54) is 12.5 Å². The third-order valence-corrected chi connectivity index (χ3v) is 4.02. The maximum atomic E-state index is 12.1. The number of nitrogens with zero attached hydrogens (tertiary/aromatic N) is 4. The minimum absolute atomic E-state index is 0.0980. The van der Waals surface area contributed by atoms with Crippen LogP contribution in [0.1, 0.15) is 6.42 Å². The zero-order valence-corrected chi connectivity index (χ0v) is 10.6. The van der Waals surface area contributed by atoms with Gasteiger partial charge in [0.15, 0.2) is 5.65 Å². The summed E-state index contributed by atoms with van der Waals surface area (Å²) in [5, 5.41) is 4.53. The van der Waals surface area contributed by atoms with E-state index < -0.39 is 4.33 Å². The summed E-state index contributed by atoms with van der Waals surface area (Å²) >= 11 is 11.9. The van der Waals surface area contributed by atoms with Crippen LogP contribution in [0.2, 0.25) is 0 Å². The van der Waals surface area contributed by atoms with E-state index in [4.69, 9.17) is 23.2 Å². The predicted molar refractivity (Wildman–Crippen MR) is 65.3 cm³/mol. The zero-order valence-electron chi connectivity index (χ0n) is 9.10. The molecule has 1 saturated carbocycles. The fourth-order valence-electron chi connectivity index (χ4n) is 1.90. The molecule has 17 heavy (non-hydrogen) atoms. The Morgan fingerprint density at radius 2 is 2.29 bits per heavy atom. The average molecular weight is 273 g/mol. The zero-order chi connectivity index (χ0) is 12.2. The minimum Gasteiger partial charge on any atom is -0.298 e. The van der Waals surface area contributed by atoms with Gasteiger partial charge >= 0.3 is 0 Å². The van der Waals surface area contributed by atoms with Gasteiger partial charge in [-0.15, -0.1) is 23.2 Å². The van der Waals surface area contributed by atoms with Crippen molar-refractivity contribution in [2.24, 2.45) is 13.0 Å². The highest BCUT2D eigenvalue weighted by molar-refractivity contribution is 6.50. The quantitative estimate of drug-likeness (QED) is 0.775. The number of hydrogen-bond acceptors (Lipinski definition) is 3. The van der Waals surface area contributed by atoms with Crippen LogP contribution in [0.15, 0.2) is 17.3 Å². The molecule has 0 aromatic carbocycles. The van der Waals surface area contributed by atoms with Crippen molar-refractivity contribution >= 4 is 34.2 Å². The normalized spacial score (nSPS) is 21.9. The van der Waals surface area contributed by atoms with Crippen molar-refractivity contribution in [3.8, 4) is 0 Å². The Hall–Kier alpha value is -1.07. The van der Waals surface area contributed by atoms with Crippen molar-refractivity contribution in [2.45, 2.75) is 17.3 Å². The highest BCUT2D eigenvalue weighted by Crippen LogP contribution is 2.53. The van der Waals surface area contributed by atoms with E-state index in [0.29, 0.717) is 24.0 Å². The second kappa shape index (κ2) is 3.46. The summed E-state index contributed by atoms with van der Waals surface area (Å²) in [5.41, 5.74) is 0.490. The Morgan fingerprint density at radius 1 is 1.59 bits per heavy atom. The fraction of sp³-hybridized carbons (Fsp3) is 0.500. The number of aryl methyl sites for hydroxylation is 1. The van der Waals surface area contributed by atoms with Gasteiger partial charge in [0.1, 0.15) is 9.72 Å². The first-order valence-electron chi connectivity index (χ1n) is 5.24. The second-order valence-corrected chi connectivity index (χ2v) is 5.91. The molecule has 3 rings (SSSR count). The molecule has 90 valence electrons. The average Bonchev–Trinajstić information content (AvgIpc) is 2.69. The molecule has 0 bridgehead atoms. The molecule has 0 aliphatic heterocycles. The predicted octanol–water partition coefficient (Wildman–Crippen LogP) is 1.32. The monoisotopic (exact) mass is 272 g/mol. The van der Waals surface area contributed by atoms with E-state index in [-0.39, 0.29) is 11.5 Å². The molecule has 0 spiro atoms. The van der Waals surface area contributed by atoms with Gasteiger partial charge in [-0.3, -0.25) is 14.0 Å². The first-order chi connectivity index (χ1) is 7.99. The molecule has 1 atom stereocenters. The molecule has 0 N–H and O–H groups in total. The lowest BCUT2D eigenvalue weighted by atomic mass is 10.4. The molecule has 1 aliphatic carbocycles. The van der Waals surface area contributed by atoms with E-state index in [0.717, 1.165) is 0 Å². The van der Waals surface area contributed by atoms with E-state index in [1.54, 1.807) is 16.3 Å². The van der Waals surface area contributed by atoms with Crippen LogP contribution in [-0.4, -0.2) is 23.7 Å². The fourth-order valence-corrected chi connectivity index (χ4v) is 2.41. The van der Waals surface area contributed by atoms with Crippen molar-refractivity contribution < 1.29 is 0 Å². The van der Waals surface area contributed by atoms with E-state index in [9.17, 15) is 4.79 Å². The molecule has 1 unspecified atom stereocenters. The standard InChI is InChI=1S/C10H10Cl2N4O/c1-15-8-7(3-14-15)9(17)16(5-13-8)4-6-2-10(6,11)12/h3,5-6H,2,4H2,1H3. The third kappa shape index (κ3) is 1.73. The molecule has 5 nitrogen and oxygen atoms in total. The summed E-state index contributed by atoms with van der Waals surface area (Å²) in [6, 6.07) is 0. The topological polar surface area (TPSA) is 52.7 Å². The van der Waals surface area contributed by atoms with Crippen molar-refractivity contribution in [1.82, 2.24) is 19.3 Å². The van der Waals surface area contributed by atoms with Gasteiger partial charge in [-0.05, 0) is 6.42 Å². The molecule has 0 amide bonds. The first-order valence-corrected chi connectivity index (χ1v) is 5.99. The van der Waals surface area contributed by atoms with Crippen LogP contribution in [0.5, 0.6) is 0 Å². The van der Waals surface area contributed by atoms with Gasteiger partial charge in [-0.1, -0.05) is 0 Å². The number of fused-ring (bicyclic) bond motifs is 1. The second-order valence-electron chi connectivity index (χ2n) is 4.37. The van der Waals surface area contributed by atoms with Crippen LogP contribution in [0, 0.1) is 5.92 Å². The molecule has 2 aromatic heterocycles. The molecule has 7 heteroatoms. The highest BCUT2D eigenvalue weighted by Gasteiger charge is 2.51. The molecule has 0 saturated heterocycles. The Bertz CT molecular complexity index is 645. The summed E-state index contributed by atoms with van der Waals surface area (Å²) in [4.78, 5) is 16.3. The first kappa shape index (κ1) is 11.0. The molecule has 1 fully saturated rings. The van der Waals surface area contributed by atoms with Gasteiger partial charge in [0.25, 0.3) is 5.56 Å². The van der Waals surface area contributed by atoms with Crippen molar-refractivity contribution in [2.75, 3.05) is 0 Å². The molecular formula is C10H10Cl2N4O. The van der Waals surface area contributed by atoms with Crippen LogP contribution in [-0.2, 0) is 13.6 Å². The Labute approximate surface area is 107 Å². The number of alkyl halides is 2. The van der Waals surface area contributed by atoms with Gasteiger partial charge < -0.3 is 0 Å². The van der Waals surface area contributed by atoms with Crippen LogP contribution >= 0.6 is 23.2 Å². The lowest BCUT2D eigenvalue weighted by Crippen LogP contribution is -2.22. The summed E-state index contributed by atoms with van der Waals surface area (Å²) in [5.74, 6) is 0.124. The highest BCUT2D eigenvalue weighted by atomic mass is 35.5. The number of hydrogen-bond donors (Lipinski definition) is 0. The van der Waals surface area contributed by atoms with Crippen molar-refractivity contribution in [3.63, 3.8) is 0 Å². The summed E-state index contributed by atoms with van der Waals surface area (Å²) in [7, 11) is 1.75. The van der Waals surface area contributed by atoms with Crippen LogP contribution < -0.4 is 5.56 Å². The maximum Gasteiger partial charge on any atom is 0.264 e. The molecular weight excluding hydrogens is 263 g/mol. The molecule has 0 radical (unpaired) electrons. The SMILES string of the molecule is Cn1ncc2c(=O)n(CC3CC3(Cl)Cl)cnc21. The Kier molecular flexibility index (Phi) is 2.25. The van der Waals surface area contributed by atoms with Crippen LogP contribution in [0.25, 0.3) is 11.0 Å². The molecule has 2 aromatic rings. The summed E-state index contributed by atoms with van der Waals surface area (Å²) in [6.07, 6.45) is 3.77. The lowest BCUT2D eigenvalue weighted by molar-refractivity contribution is 0.596. The number of rotatable bonds is 2. The van der Waals surface area contributed by atoms with E-state index >= 15 is 0 Å². The largest absolute Gasteiger partial charge is 0.298 e. The van der Waals surface area contributed by atoms with Gasteiger partial charge in [0, 0.05) is 19.5 Å². The van der Waals surface area contributed by atoms with Crippen molar-refractivity contribution in [1.29, 1.82) is 0 Å². The summed E-state index contributed by atoms with van der Waals surface area (Å²) in [6.45, 7) is 0.504. The summed E-state index contributed by atoms with van der Waals surface area (Å²) < 4.78 is 2.44. The lowest BCUT2D eigenvalue weighted by Gasteiger charge is -2.04. The smallest absolute Gasteiger partial charge is 0.264 e. The van der Waals surface area contributed by atoms with E-state index in [2.05, 4.69) is 10.1 Å². The van der Waals surface area contributed by atoms with Crippen molar-refractivity contribution in [3.05, 3.63) is 22.9 Å². The number of halogens is 2. The third-order valence-electron chi connectivity index (χ3n) is 3.09.